The third-order valence-corrected chi connectivity index (χ3v) is 35.0. The summed E-state index contributed by atoms with van der Waals surface area (Å²) in [5, 5.41) is 19.8. The summed E-state index contributed by atoms with van der Waals surface area (Å²) in [6.07, 6.45) is 0. The van der Waals surface area contributed by atoms with Crippen LogP contribution in [0.15, 0.2) is 361 Å². The Morgan fingerprint density at radius 1 is 0.233 bits per heavy atom. The van der Waals surface area contributed by atoms with Crippen molar-refractivity contribution < 1.29 is 17.6 Å². The smallest absolute Gasteiger partial charge is 0.179 e. The van der Waals surface area contributed by atoms with E-state index in [2.05, 4.69) is 370 Å². The van der Waals surface area contributed by atoms with Gasteiger partial charge in [-0.2, -0.15) is 0 Å². The summed E-state index contributed by atoms with van der Waals surface area (Å²) in [4.78, 5) is 4.23. The Labute approximate surface area is 701 Å². The minimum absolute atomic E-state index is 0.00169. The van der Waals surface area contributed by atoms with Crippen LogP contribution in [0.3, 0.4) is 0 Å². The van der Waals surface area contributed by atoms with Gasteiger partial charge in [0.2, 0.25) is 0 Å². The van der Waals surface area contributed by atoms with Crippen LogP contribution in [0.5, 0.6) is 0 Å². The largest absolute Gasteiger partial charge is 0.454 e. The first-order valence-corrected chi connectivity index (χ1v) is 45.8. The number of hydrogen-bond donors (Lipinski definition) is 0. The zero-order valence-electron chi connectivity index (χ0n) is 69.1. The van der Waals surface area contributed by atoms with Crippen molar-refractivity contribution in [2.45, 2.75) is 81.1 Å². The van der Waals surface area contributed by atoms with Crippen LogP contribution in [0.2, 0.25) is 0 Å². The zero-order chi connectivity index (χ0) is 82.0. The molecule has 8 heteroatoms. The summed E-state index contributed by atoms with van der Waals surface area (Å²) in [5.74, 6) is -0.801. The fourth-order valence-electron chi connectivity index (χ4n) is 19.4. The Morgan fingerprint density at radius 3 is 0.842 bits per heavy atom. The van der Waals surface area contributed by atoms with Gasteiger partial charge < -0.3 is 18.6 Å². The number of anilines is 6. The van der Waals surface area contributed by atoms with Gasteiger partial charge in [-0.05, 0) is 210 Å². The van der Waals surface area contributed by atoms with Crippen molar-refractivity contribution in [1.29, 1.82) is 0 Å². The maximum Gasteiger partial charge on any atom is 0.179 e. The number of aryl methyl sites for hydroxylation is 6. The molecule has 0 amide bonds. The van der Waals surface area contributed by atoms with E-state index in [0.29, 0.717) is 33.9 Å². The number of para-hydroxylation sites is 4. The number of furan rings is 2. The lowest BCUT2D eigenvalue weighted by atomic mass is 9.84. The van der Waals surface area contributed by atoms with Crippen LogP contribution < -0.4 is 51.3 Å². The third-order valence-electron chi connectivity index (χ3n) is 25.4. The van der Waals surface area contributed by atoms with Crippen LogP contribution in [0.1, 0.15) is 84.0 Å². The molecule has 0 saturated carbocycles. The summed E-state index contributed by atoms with van der Waals surface area (Å²) in [5.41, 5.74) is 19.1. The van der Waals surface area contributed by atoms with E-state index in [9.17, 15) is 0 Å². The molecular formula is C112H90F2N2O2Si2. The highest BCUT2D eigenvalue weighted by molar-refractivity contribution is 7.20. The predicted molar refractivity (Wildman–Crippen MR) is 509 cm³/mol. The standard InChI is InChI=1S/C112H90F2N2O2Si2/c1-69(2)97-67-105(115(103-27-17-25-93-89-23-11-13-29-107(89)117-111(93)103)101-61-43-79(65-99(101)113)77-19-15-21-87(63-77)119(81-45-31-71(5)32-46-81,82-47-33-72(6)34-48-82)83-49-35-73(7)36-50-83)95-60-58-92-98(70(3)4)68-106(96-59-57-91(97)109(95)110(92)96)116(104-28-18-26-94-90-24-12-14-30-108(90)118-112(94)104)102-62-44-80(66-100(102)114)78-20-16-22-88(64-78)120(84-51-37-74(8)38-52-84,85-53-39-75(9)40-54-85)86-55-41-76(10)42-56-86/h11-70H,1-10H3. The third kappa shape index (κ3) is 12.4. The Bertz CT molecular complexity index is 6710. The number of hydrogen-bond acceptors (Lipinski definition) is 4. The van der Waals surface area contributed by atoms with Gasteiger partial charge in [0.15, 0.2) is 27.3 Å². The van der Waals surface area contributed by atoms with Gasteiger partial charge >= 0.3 is 0 Å². The first kappa shape index (κ1) is 75.3. The second-order valence-electron chi connectivity index (χ2n) is 33.7. The number of rotatable bonds is 18. The highest BCUT2D eigenvalue weighted by Crippen LogP contribution is 2.54. The van der Waals surface area contributed by atoms with Crippen molar-refractivity contribution in [3.05, 3.63) is 408 Å². The van der Waals surface area contributed by atoms with Gasteiger partial charge in [0.25, 0.3) is 0 Å². The zero-order valence-corrected chi connectivity index (χ0v) is 71.1. The topological polar surface area (TPSA) is 32.8 Å². The van der Waals surface area contributed by atoms with E-state index in [1.165, 1.54) is 74.9 Å². The van der Waals surface area contributed by atoms with Gasteiger partial charge in [0.1, 0.15) is 22.8 Å². The number of benzene rings is 18. The van der Waals surface area contributed by atoms with Crippen molar-refractivity contribution in [2.75, 3.05) is 9.80 Å². The lowest BCUT2D eigenvalue weighted by Crippen LogP contribution is -2.74. The molecular weight excluding hydrogens is 1500 g/mol. The molecule has 120 heavy (non-hydrogen) atoms. The van der Waals surface area contributed by atoms with E-state index < -0.39 is 27.8 Å². The SMILES string of the molecule is Cc1ccc([Si](c2ccc(C)cc2)(c2ccc(C)cc2)c2cccc(-c3ccc(N(c4cc(C(C)C)c5ccc6c(N(c7ccc(-c8cccc([Si](c9ccc(C)cc9)(c9ccc(C)cc9)c9ccc(C)cc9)c8)cc7F)c7cccc8c7oc7ccccc78)cc(C(C)C)c7ccc4c5c76)c4cccc5c4oc4ccccc45)c(F)c3)c2)cc1. The van der Waals surface area contributed by atoms with E-state index in [1.807, 2.05) is 48.5 Å². The normalized spacial score (nSPS) is 12.2. The second kappa shape index (κ2) is 29.8. The minimum Gasteiger partial charge on any atom is -0.454 e. The Hall–Kier alpha value is -13.5. The molecule has 20 aromatic rings. The van der Waals surface area contributed by atoms with E-state index in [1.54, 1.807) is 12.1 Å². The van der Waals surface area contributed by atoms with E-state index in [0.717, 1.165) is 110 Å². The Morgan fingerprint density at radius 2 is 0.525 bits per heavy atom. The summed E-state index contributed by atoms with van der Waals surface area (Å²) in [6, 6.07) is 126. The predicted octanol–water partition coefficient (Wildman–Crippen LogP) is 25.8. The molecule has 0 N–H and O–H groups in total. The highest BCUT2D eigenvalue weighted by Gasteiger charge is 2.44. The van der Waals surface area contributed by atoms with Crippen LogP contribution in [0.25, 0.3) is 98.4 Å². The number of fused-ring (bicyclic) bond motifs is 6. The average molecular weight is 1590 g/mol. The van der Waals surface area contributed by atoms with Gasteiger partial charge in [-0.3, -0.25) is 0 Å². The highest BCUT2D eigenvalue weighted by atomic mass is 28.3. The van der Waals surface area contributed by atoms with Crippen molar-refractivity contribution in [3.8, 4) is 22.3 Å². The van der Waals surface area contributed by atoms with Crippen molar-refractivity contribution in [1.82, 2.24) is 0 Å². The average Bonchev–Trinajstić information content (AvgIpc) is 0.891. The van der Waals surface area contributed by atoms with Crippen molar-refractivity contribution in [2.24, 2.45) is 0 Å². The molecule has 0 atom stereocenters. The van der Waals surface area contributed by atoms with Crippen LogP contribution in [-0.2, 0) is 0 Å². The molecule has 0 unspecified atom stereocenters. The van der Waals surface area contributed by atoms with Gasteiger partial charge in [0.05, 0.1) is 34.1 Å². The summed E-state index contributed by atoms with van der Waals surface area (Å²) >= 11 is 0. The molecule has 2 aromatic heterocycles. The molecule has 582 valence electrons. The van der Waals surface area contributed by atoms with E-state index >= 15 is 8.78 Å². The van der Waals surface area contributed by atoms with Crippen LogP contribution in [0.4, 0.5) is 42.9 Å². The molecule has 0 fully saturated rings. The summed E-state index contributed by atoms with van der Waals surface area (Å²) in [6.45, 7) is 21.9. The van der Waals surface area contributed by atoms with Gasteiger partial charge in [-0.1, -0.05) is 352 Å². The molecule has 4 nitrogen and oxygen atoms in total. The maximum absolute atomic E-state index is 19.2. The Balaban J connectivity index is 0.794. The van der Waals surface area contributed by atoms with Gasteiger partial charge in [-0.25, -0.2) is 8.78 Å². The molecule has 18 aromatic carbocycles. The molecule has 0 bridgehead atoms. The van der Waals surface area contributed by atoms with E-state index in [-0.39, 0.29) is 11.8 Å². The fourth-order valence-corrected chi connectivity index (χ4v) is 28.8. The van der Waals surface area contributed by atoms with Gasteiger partial charge in [0, 0.05) is 32.3 Å². The number of nitrogens with zero attached hydrogens (tertiary/aromatic N) is 2. The molecule has 0 aliphatic rings. The molecule has 0 aliphatic heterocycles. The van der Waals surface area contributed by atoms with Crippen LogP contribution in [-0.4, -0.2) is 16.1 Å². The van der Waals surface area contributed by atoms with Crippen LogP contribution in [0, 0.1) is 53.2 Å². The lowest BCUT2D eigenvalue weighted by molar-refractivity contribution is 0.628. The van der Waals surface area contributed by atoms with Crippen LogP contribution >= 0.6 is 0 Å². The van der Waals surface area contributed by atoms with Crippen molar-refractivity contribution >= 4 is 168 Å². The number of halogens is 2. The maximum atomic E-state index is 19.2. The molecule has 0 spiro atoms. The molecule has 0 radical (unpaired) electrons. The lowest BCUT2D eigenvalue weighted by Gasteiger charge is -2.35. The second-order valence-corrected chi connectivity index (χ2v) is 41.3. The monoisotopic (exact) mass is 1590 g/mol. The molecule has 20 rings (SSSR count). The Kier molecular flexibility index (Phi) is 18.7. The van der Waals surface area contributed by atoms with Gasteiger partial charge in [-0.15, -0.1) is 0 Å². The molecule has 2 heterocycles. The first-order chi connectivity index (χ1) is 58.4. The first-order valence-electron chi connectivity index (χ1n) is 41.8. The minimum atomic E-state index is -3.03. The summed E-state index contributed by atoms with van der Waals surface area (Å²) < 4.78 is 52.5. The molecule has 0 saturated heterocycles. The summed E-state index contributed by atoms with van der Waals surface area (Å²) in [7, 11) is -6.07. The molecule has 0 aliphatic carbocycles. The van der Waals surface area contributed by atoms with E-state index in [4.69, 9.17) is 8.83 Å². The fraction of sp³-hybridized carbons (Fsp3) is 0.107. The quantitative estimate of drug-likeness (QED) is 0.0487. The van der Waals surface area contributed by atoms with Crippen molar-refractivity contribution in [3.63, 3.8) is 0 Å².